The van der Waals surface area contributed by atoms with Crippen LogP contribution in [0.1, 0.15) is 12.0 Å². The van der Waals surface area contributed by atoms with Crippen LogP contribution in [0.5, 0.6) is 0 Å². The van der Waals surface area contributed by atoms with Crippen LogP contribution in [0, 0.1) is 0 Å². The second-order valence-corrected chi connectivity index (χ2v) is 6.22. The molecule has 1 aliphatic rings. The second kappa shape index (κ2) is 7.56. The summed E-state index contributed by atoms with van der Waals surface area (Å²) in [6, 6.07) is 0.506. The van der Waals surface area contributed by atoms with Crippen molar-refractivity contribution in [1.29, 1.82) is 0 Å². The zero-order valence-corrected chi connectivity index (χ0v) is 14.0. The summed E-state index contributed by atoms with van der Waals surface area (Å²) in [5.74, 6) is -0.0364. The van der Waals surface area contributed by atoms with Crippen LogP contribution in [-0.4, -0.2) is 71.6 Å². The van der Waals surface area contributed by atoms with Gasteiger partial charge in [0.2, 0.25) is 5.91 Å². The third kappa shape index (κ3) is 4.52. The van der Waals surface area contributed by atoms with E-state index < -0.39 is 5.69 Å². The summed E-state index contributed by atoms with van der Waals surface area (Å²) < 4.78 is 1.03. The van der Waals surface area contributed by atoms with E-state index in [-0.39, 0.29) is 11.5 Å². The smallest absolute Gasteiger partial charge is 0.328 e. The van der Waals surface area contributed by atoms with Crippen molar-refractivity contribution in [3.63, 3.8) is 0 Å². The molecule has 1 amide bonds. The number of aromatic nitrogens is 2. The summed E-state index contributed by atoms with van der Waals surface area (Å²) in [5.41, 5.74) is -0.273. The summed E-state index contributed by atoms with van der Waals surface area (Å²) in [7, 11) is 5.54. The maximum atomic E-state index is 12.0. The molecule has 8 nitrogen and oxygen atoms in total. The van der Waals surface area contributed by atoms with Gasteiger partial charge in [-0.1, -0.05) is 0 Å². The maximum absolute atomic E-state index is 12.0. The van der Waals surface area contributed by atoms with Crippen LogP contribution in [0.4, 0.5) is 0 Å². The standard InChI is InChI=1S/C15H25N5O3/c1-18(2)12-5-7-20(9-12)10-13(21)16-6-4-11-8-17-15(23)19(3)14(11)22/h8,12H,4-7,9-10H2,1-3H3,(H,16,21)(H,17,23)/t12-/m1/s1. The summed E-state index contributed by atoms with van der Waals surface area (Å²) in [6.07, 6.45) is 2.89. The lowest BCUT2D eigenvalue weighted by Gasteiger charge is -2.20. The largest absolute Gasteiger partial charge is 0.355 e. The molecule has 1 aromatic rings. The third-order valence-corrected chi connectivity index (χ3v) is 4.32. The zero-order chi connectivity index (χ0) is 17.0. The quantitative estimate of drug-likeness (QED) is 0.656. The van der Waals surface area contributed by atoms with E-state index in [1.165, 1.54) is 13.2 Å². The minimum atomic E-state index is -0.438. The number of likely N-dealkylation sites (N-methyl/N-ethyl adjacent to an activating group) is 1. The Bertz CT molecular complexity index is 664. The van der Waals surface area contributed by atoms with Gasteiger partial charge < -0.3 is 15.2 Å². The first-order chi connectivity index (χ1) is 10.9. The fourth-order valence-corrected chi connectivity index (χ4v) is 2.77. The van der Waals surface area contributed by atoms with E-state index in [2.05, 4.69) is 34.2 Å². The number of amides is 1. The number of carbonyl (C=O) groups excluding carboxylic acids is 1. The Morgan fingerprint density at radius 3 is 2.83 bits per heavy atom. The van der Waals surface area contributed by atoms with Gasteiger partial charge in [0.1, 0.15) is 0 Å². The highest BCUT2D eigenvalue weighted by atomic mass is 16.2. The van der Waals surface area contributed by atoms with Gasteiger partial charge in [-0.25, -0.2) is 4.79 Å². The Morgan fingerprint density at radius 1 is 1.43 bits per heavy atom. The highest BCUT2D eigenvalue weighted by Gasteiger charge is 2.25. The van der Waals surface area contributed by atoms with Crippen molar-refractivity contribution >= 4 is 5.91 Å². The molecular formula is C15H25N5O3. The molecule has 0 spiro atoms. The predicted molar refractivity (Wildman–Crippen MR) is 87.5 cm³/mol. The second-order valence-electron chi connectivity index (χ2n) is 6.22. The predicted octanol–water partition coefficient (Wildman–Crippen LogP) is -1.63. The highest BCUT2D eigenvalue weighted by Crippen LogP contribution is 2.12. The molecule has 0 unspecified atom stereocenters. The van der Waals surface area contributed by atoms with E-state index in [1.807, 2.05) is 0 Å². The van der Waals surface area contributed by atoms with Crippen molar-refractivity contribution in [2.45, 2.75) is 18.9 Å². The monoisotopic (exact) mass is 323 g/mol. The Morgan fingerprint density at radius 2 is 2.17 bits per heavy atom. The van der Waals surface area contributed by atoms with Crippen molar-refractivity contribution in [3.05, 3.63) is 32.6 Å². The van der Waals surface area contributed by atoms with Crippen molar-refractivity contribution in [1.82, 2.24) is 24.7 Å². The van der Waals surface area contributed by atoms with Gasteiger partial charge in [0.25, 0.3) is 5.56 Å². The van der Waals surface area contributed by atoms with Crippen molar-refractivity contribution in [2.24, 2.45) is 7.05 Å². The van der Waals surface area contributed by atoms with Gasteiger partial charge in [0, 0.05) is 44.5 Å². The van der Waals surface area contributed by atoms with E-state index >= 15 is 0 Å². The van der Waals surface area contributed by atoms with Crippen molar-refractivity contribution in [2.75, 3.05) is 40.3 Å². The minimum Gasteiger partial charge on any atom is -0.355 e. The van der Waals surface area contributed by atoms with Gasteiger partial charge in [-0.05, 0) is 26.9 Å². The lowest BCUT2D eigenvalue weighted by Crippen LogP contribution is -2.39. The first kappa shape index (κ1) is 17.4. The van der Waals surface area contributed by atoms with Crippen LogP contribution in [0.2, 0.25) is 0 Å². The average molecular weight is 323 g/mol. The zero-order valence-electron chi connectivity index (χ0n) is 14.0. The number of H-pyrrole nitrogens is 1. The SMILES string of the molecule is CN(C)[C@@H]1CCN(CC(=O)NCCc2c[nH]c(=O)n(C)c2=O)C1. The molecular weight excluding hydrogens is 298 g/mol. The molecule has 1 atom stereocenters. The van der Waals surface area contributed by atoms with Crippen LogP contribution in [0.25, 0.3) is 0 Å². The van der Waals surface area contributed by atoms with Gasteiger partial charge >= 0.3 is 5.69 Å². The number of nitrogens with one attached hydrogen (secondary N) is 2. The summed E-state index contributed by atoms with van der Waals surface area (Å²) in [6.45, 7) is 2.59. The number of carbonyl (C=O) groups is 1. The Balaban J connectivity index is 1.77. The van der Waals surface area contributed by atoms with Crippen molar-refractivity contribution < 1.29 is 4.79 Å². The van der Waals surface area contributed by atoms with Gasteiger partial charge in [0.05, 0.1) is 6.54 Å². The van der Waals surface area contributed by atoms with Crippen molar-refractivity contribution in [3.8, 4) is 0 Å². The molecule has 1 fully saturated rings. The van der Waals surface area contributed by atoms with Crippen LogP contribution in [0.15, 0.2) is 15.8 Å². The lowest BCUT2D eigenvalue weighted by molar-refractivity contribution is -0.122. The molecule has 2 heterocycles. The first-order valence-electron chi connectivity index (χ1n) is 7.81. The van der Waals surface area contributed by atoms with Gasteiger partial charge in [-0.2, -0.15) is 0 Å². The average Bonchev–Trinajstić information content (AvgIpc) is 2.96. The van der Waals surface area contributed by atoms with E-state index in [4.69, 9.17) is 0 Å². The molecule has 128 valence electrons. The van der Waals surface area contributed by atoms with Crippen LogP contribution in [0.3, 0.4) is 0 Å². The van der Waals surface area contributed by atoms with Gasteiger partial charge in [0.15, 0.2) is 0 Å². The molecule has 1 aliphatic heterocycles. The molecule has 1 saturated heterocycles. The molecule has 2 rings (SSSR count). The number of hydrogen-bond donors (Lipinski definition) is 2. The normalized spacial score (nSPS) is 18.5. The number of nitrogens with zero attached hydrogens (tertiary/aromatic N) is 3. The van der Waals surface area contributed by atoms with Crippen LogP contribution >= 0.6 is 0 Å². The molecule has 0 radical (unpaired) electrons. The molecule has 1 aromatic heterocycles. The first-order valence-corrected chi connectivity index (χ1v) is 7.81. The maximum Gasteiger partial charge on any atom is 0.328 e. The summed E-state index contributed by atoms with van der Waals surface area (Å²) in [4.78, 5) is 41.9. The molecule has 8 heteroatoms. The fraction of sp³-hybridized carbons (Fsp3) is 0.667. The van der Waals surface area contributed by atoms with E-state index in [0.29, 0.717) is 31.1 Å². The van der Waals surface area contributed by atoms with Crippen LogP contribution in [-0.2, 0) is 18.3 Å². The molecule has 0 aromatic carbocycles. The van der Waals surface area contributed by atoms with E-state index in [9.17, 15) is 14.4 Å². The third-order valence-electron chi connectivity index (χ3n) is 4.32. The number of rotatable bonds is 6. The Kier molecular flexibility index (Phi) is 5.73. The fourth-order valence-electron chi connectivity index (χ4n) is 2.77. The van der Waals surface area contributed by atoms with Gasteiger partial charge in [-0.15, -0.1) is 0 Å². The summed E-state index contributed by atoms with van der Waals surface area (Å²) >= 11 is 0. The van der Waals surface area contributed by atoms with E-state index in [0.717, 1.165) is 24.1 Å². The van der Waals surface area contributed by atoms with Crippen LogP contribution < -0.4 is 16.6 Å². The number of hydrogen-bond acceptors (Lipinski definition) is 5. The number of aromatic amines is 1. The molecule has 0 bridgehead atoms. The molecule has 2 N–H and O–H groups in total. The highest BCUT2D eigenvalue weighted by molar-refractivity contribution is 5.78. The number of likely N-dealkylation sites (tertiary alicyclic amines) is 1. The topological polar surface area (TPSA) is 90.4 Å². The molecule has 0 saturated carbocycles. The summed E-state index contributed by atoms with van der Waals surface area (Å²) in [5, 5.41) is 2.83. The van der Waals surface area contributed by atoms with E-state index in [1.54, 1.807) is 0 Å². The Hall–Kier alpha value is -1.93. The minimum absolute atomic E-state index is 0.0364. The lowest BCUT2D eigenvalue weighted by atomic mass is 10.2. The Labute approximate surface area is 135 Å². The van der Waals surface area contributed by atoms with Gasteiger partial charge in [-0.3, -0.25) is 19.1 Å². The molecule has 0 aliphatic carbocycles. The molecule has 23 heavy (non-hydrogen) atoms.